The van der Waals surface area contributed by atoms with Gasteiger partial charge in [-0.1, -0.05) is 0 Å². The molecule has 0 heterocycles. The lowest BCUT2D eigenvalue weighted by atomic mass is 10.0. The number of likely N-dealkylation sites (N-methyl/N-ethyl adjacent to an activating group) is 1. The van der Waals surface area contributed by atoms with Crippen LogP contribution in [0, 0.1) is 0 Å². The first-order chi connectivity index (χ1) is 6.54. The SMILES string of the molecule is I.[2H]CNC[C@H](O)[C@@H](O)[C@H](O)[C@H](O)CO. The maximum absolute atomic E-state index is 9.24. The summed E-state index contributed by atoms with van der Waals surface area (Å²) in [4.78, 5) is 0. The predicted octanol–water partition coefficient (Wildman–Crippen LogP) is -2.74. The fraction of sp³-hybridized carbons (Fsp3) is 1.00. The summed E-state index contributed by atoms with van der Waals surface area (Å²) in [6.45, 7) is -0.767. The number of halogens is 1. The molecule has 0 rings (SSSR count). The highest BCUT2D eigenvalue weighted by Gasteiger charge is 2.29. The van der Waals surface area contributed by atoms with Crippen LogP contribution in [-0.2, 0) is 0 Å². The molecule has 0 fully saturated rings. The van der Waals surface area contributed by atoms with E-state index in [0.29, 0.717) is 0 Å². The van der Waals surface area contributed by atoms with Crippen molar-refractivity contribution < 1.29 is 26.9 Å². The van der Waals surface area contributed by atoms with Crippen molar-refractivity contribution in [3.63, 3.8) is 0 Å². The minimum Gasteiger partial charge on any atom is -0.394 e. The lowest BCUT2D eigenvalue weighted by Crippen LogP contribution is -2.48. The summed E-state index contributed by atoms with van der Waals surface area (Å²) in [5.41, 5.74) is 0. The van der Waals surface area contributed by atoms with Crippen molar-refractivity contribution in [1.82, 2.24) is 5.32 Å². The fourth-order valence-electron chi connectivity index (χ4n) is 0.832. The van der Waals surface area contributed by atoms with E-state index in [1.54, 1.807) is 0 Å². The molecule has 7 heteroatoms. The van der Waals surface area contributed by atoms with Crippen LogP contribution in [0.15, 0.2) is 0 Å². The molecule has 6 N–H and O–H groups in total. The molecule has 0 spiro atoms. The topological polar surface area (TPSA) is 113 Å². The second kappa shape index (κ2) is 8.77. The number of hydrogen-bond donors (Lipinski definition) is 6. The Hall–Kier alpha value is 0.490. The highest BCUT2D eigenvalue weighted by molar-refractivity contribution is 14.0. The molecule has 0 saturated carbocycles. The minimum absolute atomic E-state index is 0. The van der Waals surface area contributed by atoms with Gasteiger partial charge in [-0.05, 0) is 7.02 Å². The van der Waals surface area contributed by atoms with Gasteiger partial charge in [0.25, 0.3) is 0 Å². The van der Waals surface area contributed by atoms with Crippen molar-refractivity contribution >= 4 is 24.0 Å². The Morgan fingerprint density at radius 3 is 2.07 bits per heavy atom. The summed E-state index contributed by atoms with van der Waals surface area (Å²) in [6, 6.07) is 0. The van der Waals surface area contributed by atoms with Crippen molar-refractivity contribution in [2.75, 3.05) is 20.2 Å². The number of aliphatic hydroxyl groups is 5. The van der Waals surface area contributed by atoms with Crippen LogP contribution in [-0.4, -0.2) is 70.1 Å². The summed E-state index contributed by atoms with van der Waals surface area (Å²) in [6.07, 6.45) is -5.95. The second-order valence-corrected chi connectivity index (χ2v) is 2.75. The molecule has 6 nitrogen and oxygen atoms in total. The lowest BCUT2D eigenvalue weighted by molar-refractivity contribution is -0.113. The molecule has 0 amide bonds. The molecular weight excluding hydrogens is 305 g/mol. The van der Waals surface area contributed by atoms with Crippen LogP contribution in [0.3, 0.4) is 0 Å². The third-order valence-electron chi connectivity index (χ3n) is 1.68. The molecule has 88 valence electrons. The molecule has 4 atom stereocenters. The average molecular weight is 324 g/mol. The normalized spacial score (nSPS) is 20.2. The van der Waals surface area contributed by atoms with E-state index in [2.05, 4.69) is 5.32 Å². The van der Waals surface area contributed by atoms with E-state index in [9.17, 15) is 10.2 Å². The van der Waals surface area contributed by atoms with Crippen LogP contribution in [0.4, 0.5) is 0 Å². The van der Waals surface area contributed by atoms with Gasteiger partial charge < -0.3 is 30.8 Å². The lowest BCUT2D eigenvalue weighted by Gasteiger charge is -2.25. The number of aliphatic hydroxyl groups excluding tert-OH is 5. The Labute approximate surface area is 101 Å². The van der Waals surface area contributed by atoms with Crippen molar-refractivity contribution in [2.45, 2.75) is 24.4 Å². The molecule has 0 unspecified atom stereocenters. The molecule has 0 bridgehead atoms. The van der Waals surface area contributed by atoms with E-state index >= 15 is 0 Å². The largest absolute Gasteiger partial charge is 0.394 e. The standard InChI is InChI=1S/C7H17NO5.HI/c1-8-2-4(10)6(12)7(13)5(11)3-9;/h4-13H,2-3H2,1H3;1H/t4-,5+,6+,7+;/m0./s1/i1D;. The summed E-state index contributed by atoms with van der Waals surface area (Å²) >= 11 is 0. The van der Waals surface area contributed by atoms with E-state index in [4.69, 9.17) is 16.7 Å². The number of nitrogens with one attached hydrogen (secondary N) is 1. The van der Waals surface area contributed by atoms with Gasteiger partial charge in [0.05, 0.1) is 12.7 Å². The summed E-state index contributed by atoms with van der Waals surface area (Å²) in [7, 11) is -0.123. The van der Waals surface area contributed by atoms with Gasteiger partial charge in [-0.25, -0.2) is 0 Å². The molecular formula is C7H18INO5. The smallest absolute Gasteiger partial charge is 0.111 e. The Morgan fingerprint density at radius 2 is 1.64 bits per heavy atom. The van der Waals surface area contributed by atoms with E-state index in [-0.39, 0.29) is 37.5 Å². The first kappa shape index (κ1) is 14.5. The molecule has 0 aromatic carbocycles. The van der Waals surface area contributed by atoms with Gasteiger partial charge in [-0.3, -0.25) is 0 Å². The monoisotopic (exact) mass is 324 g/mol. The first-order valence-corrected chi connectivity index (χ1v) is 3.87. The second-order valence-electron chi connectivity index (χ2n) is 2.75. The quantitative estimate of drug-likeness (QED) is 0.296. The van der Waals surface area contributed by atoms with Crippen LogP contribution < -0.4 is 5.32 Å². The van der Waals surface area contributed by atoms with Gasteiger partial charge in [-0.15, -0.1) is 24.0 Å². The zero-order valence-electron chi connectivity index (χ0n) is 8.58. The van der Waals surface area contributed by atoms with E-state index < -0.39 is 31.0 Å². The molecule has 0 aliphatic carbocycles. The van der Waals surface area contributed by atoms with Crippen LogP contribution in [0.1, 0.15) is 1.37 Å². The van der Waals surface area contributed by atoms with Crippen LogP contribution in [0.2, 0.25) is 0 Å². The van der Waals surface area contributed by atoms with Crippen molar-refractivity contribution in [2.24, 2.45) is 0 Å². The van der Waals surface area contributed by atoms with Crippen LogP contribution >= 0.6 is 24.0 Å². The van der Waals surface area contributed by atoms with Gasteiger partial charge >= 0.3 is 0 Å². The van der Waals surface area contributed by atoms with Crippen molar-refractivity contribution in [1.29, 1.82) is 0 Å². The van der Waals surface area contributed by atoms with Crippen LogP contribution in [0.5, 0.6) is 0 Å². The molecule has 14 heavy (non-hydrogen) atoms. The van der Waals surface area contributed by atoms with Gasteiger partial charge in [0.1, 0.15) is 18.3 Å². The summed E-state index contributed by atoms with van der Waals surface area (Å²) in [5, 5.41) is 47.5. The zero-order valence-corrected chi connectivity index (χ0v) is 9.91. The number of hydrogen-bond acceptors (Lipinski definition) is 6. The van der Waals surface area contributed by atoms with E-state index in [1.165, 1.54) is 0 Å². The summed E-state index contributed by atoms with van der Waals surface area (Å²) in [5.74, 6) is 0. The Kier molecular flexibility index (Phi) is 9.08. The Balaban J connectivity index is 0. The Bertz CT molecular complexity index is 155. The Morgan fingerprint density at radius 1 is 1.14 bits per heavy atom. The highest BCUT2D eigenvalue weighted by Crippen LogP contribution is 2.04. The van der Waals surface area contributed by atoms with Gasteiger partial charge in [0, 0.05) is 7.92 Å². The van der Waals surface area contributed by atoms with Crippen molar-refractivity contribution in [3.8, 4) is 0 Å². The molecule has 0 aromatic rings. The maximum atomic E-state index is 9.24. The fourth-order valence-corrected chi connectivity index (χ4v) is 0.832. The first-order valence-electron chi connectivity index (χ1n) is 4.58. The molecule has 0 aliphatic heterocycles. The van der Waals surface area contributed by atoms with E-state index in [0.717, 1.165) is 0 Å². The molecule has 0 aliphatic rings. The third-order valence-corrected chi connectivity index (χ3v) is 1.68. The van der Waals surface area contributed by atoms with Gasteiger partial charge in [-0.2, -0.15) is 0 Å². The molecule has 0 saturated heterocycles. The third kappa shape index (κ3) is 5.39. The van der Waals surface area contributed by atoms with Crippen molar-refractivity contribution in [3.05, 3.63) is 0 Å². The molecule has 0 aromatic heterocycles. The zero-order chi connectivity index (χ0) is 11.1. The number of rotatable bonds is 6. The maximum Gasteiger partial charge on any atom is 0.111 e. The summed E-state index contributed by atoms with van der Waals surface area (Å²) < 4.78 is 6.71. The van der Waals surface area contributed by atoms with Crippen LogP contribution in [0.25, 0.3) is 0 Å². The highest BCUT2D eigenvalue weighted by atomic mass is 127. The van der Waals surface area contributed by atoms with Gasteiger partial charge in [0.2, 0.25) is 0 Å². The predicted molar refractivity (Wildman–Crippen MR) is 60.5 cm³/mol. The average Bonchev–Trinajstić information content (AvgIpc) is 2.22. The van der Waals surface area contributed by atoms with Gasteiger partial charge in [0.15, 0.2) is 0 Å². The molecule has 0 radical (unpaired) electrons. The van der Waals surface area contributed by atoms with E-state index in [1.807, 2.05) is 0 Å². The minimum atomic E-state index is -1.61.